The molecule has 4 nitrogen and oxygen atoms in total. The first-order chi connectivity index (χ1) is 11.0. The molecule has 0 saturated heterocycles. The lowest BCUT2D eigenvalue weighted by Gasteiger charge is -2.12. The van der Waals surface area contributed by atoms with Crippen LogP contribution in [-0.4, -0.2) is 17.0 Å². The molecule has 23 heavy (non-hydrogen) atoms. The number of nitrogens with one attached hydrogen (secondary N) is 1. The molecule has 1 aromatic carbocycles. The fraction of sp³-hybridized carbons (Fsp3) is 0.333. The van der Waals surface area contributed by atoms with Gasteiger partial charge in [-0.1, -0.05) is 44.2 Å². The van der Waals surface area contributed by atoms with Gasteiger partial charge in [0.25, 0.3) is 0 Å². The molecule has 2 aromatic rings. The molecule has 0 fully saturated rings. The van der Waals surface area contributed by atoms with Crippen LogP contribution in [0.25, 0.3) is 11.1 Å². The Bertz CT molecular complexity index is 703. The van der Waals surface area contributed by atoms with E-state index in [1.807, 2.05) is 51.1 Å². The Morgan fingerprint density at radius 3 is 2.30 bits per heavy atom. The van der Waals surface area contributed by atoms with Crippen LogP contribution in [0.5, 0.6) is 0 Å². The van der Waals surface area contributed by atoms with Crippen molar-refractivity contribution >= 4 is 28.2 Å². The van der Waals surface area contributed by atoms with Crippen molar-refractivity contribution in [2.24, 2.45) is 5.92 Å². The van der Waals surface area contributed by atoms with Gasteiger partial charge in [-0.15, -0.1) is 11.3 Å². The minimum atomic E-state index is -1.02. The number of carboxylic acids is 1. The standard InChI is InChI=1S/C18H21NO3S/c1-4-12(5-2)16(20)19-17-15(18(21)22)14(11(3)23-17)13-9-7-6-8-10-13/h6-10,12H,4-5H2,1-3H3,(H,19,20)(H,21,22). The molecule has 0 aliphatic rings. The van der Waals surface area contributed by atoms with Gasteiger partial charge in [0.05, 0.1) is 0 Å². The van der Waals surface area contributed by atoms with E-state index in [0.717, 1.165) is 23.3 Å². The van der Waals surface area contributed by atoms with E-state index in [2.05, 4.69) is 5.32 Å². The second kappa shape index (κ2) is 7.42. The van der Waals surface area contributed by atoms with Gasteiger partial charge in [-0.05, 0) is 25.3 Å². The lowest BCUT2D eigenvalue weighted by Crippen LogP contribution is -2.22. The van der Waals surface area contributed by atoms with E-state index in [1.165, 1.54) is 11.3 Å². The zero-order valence-corrected chi connectivity index (χ0v) is 14.4. The Labute approximate surface area is 140 Å². The maximum Gasteiger partial charge on any atom is 0.339 e. The number of thiophene rings is 1. The number of aryl methyl sites for hydroxylation is 1. The van der Waals surface area contributed by atoms with E-state index < -0.39 is 5.97 Å². The molecule has 0 atom stereocenters. The molecule has 1 amide bonds. The van der Waals surface area contributed by atoms with E-state index in [4.69, 9.17) is 0 Å². The topological polar surface area (TPSA) is 66.4 Å². The number of amides is 1. The largest absolute Gasteiger partial charge is 0.478 e. The fourth-order valence-corrected chi connectivity index (χ4v) is 3.73. The highest BCUT2D eigenvalue weighted by Gasteiger charge is 2.25. The molecule has 0 saturated carbocycles. The monoisotopic (exact) mass is 331 g/mol. The summed E-state index contributed by atoms with van der Waals surface area (Å²) in [5, 5.41) is 12.9. The second-order valence-electron chi connectivity index (χ2n) is 5.41. The summed E-state index contributed by atoms with van der Waals surface area (Å²) in [6.45, 7) is 5.80. The lowest BCUT2D eigenvalue weighted by atomic mass is 10.0. The summed E-state index contributed by atoms with van der Waals surface area (Å²) < 4.78 is 0. The van der Waals surface area contributed by atoms with Crippen molar-refractivity contribution in [3.8, 4) is 11.1 Å². The molecule has 2 N–H and O–H groups in total. The van der Waals surface area contributed by atoms with Gasteiger partial charge in [0.15, 0.2) is 0 Å². The van der Waals surface area contributed by atoms with Crippen LogP contribution < -0.4 is 5.32 Å². The minimum Gasteiger partial charge on any atom is -0.478 e. The number of hydrogen-bond acceptors (Lipinski definition) is 3. The molecular formula is C18H21NO3S. The van der Waals surface area contributed by atoms with Crippen molar-refractivity contribution in [3.63, 3.8) is 0 Å². The Kier molecular flexibility index (Phi) is 5.55. The SMILES string of the molecule is CCC(CC)C(=O)Nc1sc(C)c(-c2ccccc2)c1C(=O)O. The van der Waals surface area contributed by atoms with E-state index in [0.29, 0.717) is 10.6 Å². The summed E-state index contributed by atoms with van der Waals surface area (Å²) in [5.41, 5.74) is 1.71. The average molecular weight is 331 g/mol. The average Bonchev–Trinajstić information content (AvgIpc) is 2.85. The van der Waals surface area contributed by atoms with Crippen molar-refractivity contribution in [1.29, 1.82) is 0 Å². The predicted octanol–water partition coefficient (Wildman–Crippen LogP) is 4.80. The van der Waals surface area contributed by atoms with Crippen LogP contribution in [0.4, 0.5) is 5.00 Å². The van der Waals surface area contributed by atoms with Crippen LogP contribution in [0.2, 0.25) is 0 Å². The number of hydrogen-bond donors (Lipinski definition) is 2. The number of carboxylic acid groups (broad SMARTS) is 1. The second-order valence-corrected chi connectivity index (χ2v) is 6.64. The zero-order chi connectivity index (χ0) is 17.0. The minimum absolute atomic E-state index is 0.0979. The van der Waals surface area contributed by atoms with Gasteiger partial charge in [0, 0.05) is 16.4 Å². The highest BCUT2D eigenvalue weighted by atomic mass is 32.1. The van der Waals surface area contributed by atoms with E-state index in [-0.39, 0.29) is 17.4 Å². The van der Waals surface area contributed by atoms with Gasteiger partial charge < -0.3 is 10.4 Å². The smallest absolute Gasteiger partial charge is 0.339 e. The van der Waals surface area contributed by atoms with Crippen molar-refractivity contribution in [2.45, 2.75) is 33.6 Å². The van der Waals surface area contributed by atoms with Crippen molar-refractivity contribution in [2.75, 3.05) is 5.32 Å². The van der Waals surface area contributed by atoms with E-state index in [1.54, 1.807) is 0 Å². The van der Waals surface area contributed by atoms with Crippen molar-refractivity contribution in [1.82, 2.24) is 0 Å². The van der Waals surface area contributed by atoms with Gasteiger partial charge in [-0.25, -0.2) is 4.79 Å². The van der Waals surface area contributed by atoms with Crippen LogP contribution in [0.1, 0.15) is 41.9 Å². The Hall–Kier alpha value is -2.14. The maximum absolute atomic E-state index is 12.3. The van der Waals surface area contributed by atoms with Gasteiger partial charge in [0.1, 0.15) is 10.6 Å². The first-order valence-corrected chi connectivity index (χ1v) is 8.54. The Morgan fingerprint density at radius 2 is 1.78 bits per heavy atom. The lowest BCUT2D eigenvalue weighted by molar-refractivity contribution is -0.120. The number of carbonyl (C=O) groups is 2. The molecular weight excluding hydrogens is 310 g/mol. The number of carbonyl (C=O) groups excluding carboxylic acids is 1. The number of benzene rings is 1. The highest BCUT2D eigenvalue weighted by molar-refractivity contribution is 7.17. The van der Waals surface area contributed by atoms with Crippen LogP contribution in [-0.2, 0) is 4.79 Å². The molecule has 0 unspecified atom stereocenters. The highest BCUT2D eigenvalue weighted by Crippen LogP contribution is 2.40. The zero-order valence-electron chi connectivity index (χ0n) is 13.6. The Balaban J connectivity index is 2.46. The summed E-state index contributed by atoms with van der Waals surface area (Å²) in [6.07, 6.45) is 1.47. The third kappa shape index (κ3) is 3.62. The molecule has 0 radical (unpaired) electrons. The molecule has 5 heteroatoms. The molecule has 0 bridgehead atoms. The van der Waals surface area contributed by atoms with Crippen molar-refractivity contribution < 1.29 is 14.7 Å². The summed E-state index contributed by atoms with van der Waals surface area (Å²) in [6, 6.07) is 9.41. The fourth-order valence-electron chi connectivity index (χ4n) is 2.66. The van der Waals surface area contributed by atoms with Crippen LogP contribution in [0.3, 0.4) is 0 Å². The molecule has 122 valence electrons. The van der Waals surface area contributed by atoms with Gasteiger partial charge >= 0.3 is 5.97 Å². The summed E-state index contributed by atoms with van der Waals surface area (Å²) in [7, 11) is 0. The first-order valence-electron chi connectivity index (χ1n) is 7.72. The molecule has 1 aromatic heterocycles. The Morgan fingerprint density at radius 1 is 1.17 bits per heavy atom. The first kappa shape index (κ1) is 17.2. The van der Waals surface area contributed by atoms with Gasteiger partial charge in [-0.3, -0.25) is 4.79 Å². The number of aromatic carboxylic acids is 1. The molecule has 2 rings (SSSR count). The maximum atomic E-state index is 12.3. The van der Waals surface area contributed by atoms with E-state index in [9.17, 15) is 14.7 Å². The summed E-state index contributed by atoms with van der Waals surface area (Å²) >= 11 is 1.32. The molecule has 0 spiro atoms. The van der Waals surface area contributed by atoms with Gasteiger partial charge in [0.2, 0.25) is 5.91 Å². The van der Waals surface area contributed by atoms with Crippen molar-refractivity contribution in [3.05, 3.63) is 40.8 Å². The third-order valence-electron chi connectivity index (χ3n) is 3.95. The van der Waals surface area contributed by atoms with Crippen LogP contribution >= 0.6 is 11.3 Å². The summed E-state index contributed by atoms with van der Waals surface area (Å²) in [5.74, 6) is -1.23. The normalized spacial score (nSPS) is 10.8. The van der Waals surface area contributed by atoms with Crippen LogP contribution in [0, 0.1) is 12.8 Å². The number of anilines is 1. The quantitative estimate of drug-likeness (QED) is 0.799. The van der Waals surface area contributed by atoms with Gasteiger partial charge in [-0.2, -0.15) is 0 Å². The molecule has 1 heterocycles. The van der Waals surface area contributed by atoms with Crippen LogP contribution in [0.15, 0.2) is 30.3 Å². The third-order valence-corrected chi connectivity index (χ3v) is 4.97. The number of rotatable bonds is 6. The molecule has 0 aliphatic heterocycles. The van der Waals surface area contributed by atoms with E-state index >= 15 is 0 Å². The summed E-state index contributed by atoms with van der Waals surface area (Å²) in [4.78, 5) is 25.0. The molecule has 0 aliphatic carbocycles. The predicted molar refractivity (Wildman–Crippen MR) is 94.2 cm³/mol.